The van der Waals surface area contributed by atoms with Crippen LogP contribution in [0, 0.1) is 5.92 Å². The number of hydrogen-bond acceptors (Lipinski definition) is 4. The van der Waals surface area contributed by atoms with E-state index >= 15 is 0 Å². The molecule has 100 valence electrons. The third kappa shape index (κ3) is 2.41. The third-order valence-corrected chi connectivity index (χ3v) is 3.91. The number of aromatic nitrogens is 1. The van der Waals surface area contributed by atoms with Crippen molar-refractivity contribution in [2.24, 2.45) is 5.92 Å². The van der Waals surface area contributed by atoms with Gasteiger partial charge in [0, 0.05) is 37.0 Å². The minimum Gasteiger partial charge on any atom is -0.398 e. The zero-order chi connectivity index (χ0) is 13.2. The van der Waals surface area contributed by atoms with E-state index in [-0.39, 0.29) is 6.61 Å². The van der Waals surface area contributed by atoms with E-state index in [1.807, 2.05) is 24.4 Å². The van der Waals surface area contributed by atoms with E-state index in [1.165, 1.54) is 5.56 Å². The molecular weight excluding hydrogens is 238 g/mol. The minimum atomic E-state index is 0.289. The molecule has 1 fully saturated rings. The van der Waals surface area contributed by atoms with Gasteiger partial charge in [0.25, 0.3) is 0 Å². The lowest BCUT2D eigenvalue weighted by Crippen LogP contribution is -2.21. The molecule has 2 heterocycles. The van der Waals surface area contributed by atoms with Gasteiger partial charge in [-0.25, -0.2) is 0 Å². The molecule has 1 saturated heterocycles. The molecule has 1 unspecified atom stereocenters. The molecule has 0 bridgehead atoms. The first-order chi connectivity index (χ1) is 9.28. The molecule has 3 N–H and O–H groups in total. The molecule has 0 amide bonds. The molecule has 0 radical (unpaired) electrons. The van der Waals surface area contributed by atoms with Crippen molar-refractivity contribution in [1.29, 1.82) is 0 Å². The second-order valence-corrected chi connectivity index (χ2v) is 5.29. The second-order valence-electron chi connectivity index (χ2n) is 5.29. The van der Waals surface area contributed by atoms with Crippen LogP contribution in [0.15, 0.2) is 30.5 Å². The minimum absolute atomic E-state index is 0.289. The fraction of sp³-hybridized carbons (Fsp3) is 0.400. The summed E-state index contributed by atoms with van der Waals surface area (Å²) in [7, 11) is 0. The first-order valence-electron chi connectivity index (χ1n) is 6.73. The Hall–Kier alpha value is -1.65. The van der Waals surface area contributed by atoms with Crippen LogP contribution in [0.25, 0.3) is 10.9 Å². The van der Waals surface area contributed by atoms with Crippen molar-refractivity contribution in [3.8, 4) is 0 Å². The Balaban J connectivity index is 1.87. The van der Waals surface area contributed by atoms with Gasteiger partial charge >= 0.3 is 0 Å². The number of likely N-dealkylation sites (tertiary alicyclic amines) is 1. The highest BCUT2D eigenvalue weighted by Crippen LogP contribution is 2.25. The first kappa shape index (κ1) is 12.4. The maximum Gasteiger partial charge on any atom is 0.0767 e. The summed E-state index contributed by atoms with van der Waals surface area (Å²) in [6.07, 6.45) is 2.89. The zero-order valence-electron chi connectivity index (χ0n) is 10.9. The highest BCUT2D eigenvalue weighted by atomic mass is 16.3. The summed E-state index contributed by atoms with van der Waals surface area (Å²) < 4.78 is 0. The Labute approximate surface area is 112 Å². The molecule has 0 spiro atoms. The fourth-order valence-electron chi connectivity index (χ4n) is 2.83. The molecule has 3 rings (SSSR count). The molecule has 0 aliphatic carbocycles. The van der Waals surface area contributed by atoms with Crippen LogP contribution in [0.5, 0.6) is 0 Å². The van der Waals surface area contributed by atoms with E-state index in [0.29, 0.717) is 5.92 Å². The highest BCUT2D eigenvalue weighted by Gasteiger charge is 2.22. The van der Waals surface area contributed by atoms with Crippen LogP contribution in [0.1, 0.15) is 12.0 Å². The highest BCUT2D eigenvalue weighted by molar-refractivity contribution is 5.92. The fourth-order valence-corrected chi connectivity index (χ4v) is 2.83. The third-order valence-electron chi connectivity index (χ3n) is 3.91. The predicted molar refractivity (Wildman–Crippen MR) is 76.6 cm³/mol. The molecular formula is C15H19N3O. The lowest BCUT2D eigenvalue weighted by molar-refractivity contribution is 0.220. The van der Waals surface area contributed by atoms with E-state index in [9.17, 15) is 5.11 Å². The van der Waals surface area contributed by atoms with Crippen LogP contribution in [-0.2, 0) is 6.54 Å². The number of pyridine rings is 1. The van der Waals surface area contributed by atoms with E-state index in [4.69, 9.17) is 5.73 Å². The molecule has 0 saturated carbocycles. The van der Waals surface area contributed by atoms with Gasteiger partial charge in [0.1, 0.15) is 0 Å². The van der Waals surface area contributed by atoms with Crippen molar-refractivity contribution in [2.45, 2.75) is 13.0 Å². The lowest BCUT2D eigenvalue weighted by atomic mass is 10.1. The van der Waals surface area contributed by atoms with Crippen molar-refractivity contribution >= 4 is 16.6 Å². The quantitative estimate of drug-likeness (QED) is 0.820. The van der Waals surface area contributed by atoms with E-state index < -0.39 is 0 Å². The van der Waals surface area contributed by atoms with Gasteiger partial charge < -0.3 is 10.8 Å². The molecule has 1 aliphatic heterocycles. The molecule has 4 nitrogen and oxygen atoms in total. The van der Waals surface area contributed by atoms with Crippen molar-refractivity contribution in [1.82, 2.24) is 9.88 Å². The Bertz CT molecular complexity index is 585. The summed E-state index contributed by atoms with van der Waals surface area (Å²) in [4.78, 5) is 6.84. The molecule has 1 aromatic heterocycles. The van der Waals surface area contributed by atoms with Gasteiger partial charge in [0.15, 0.2) is 0 Å². The average Bonchev–Trinajstić information content (AvgIpc) is 2.90. The van der Waals surface area contributed by atoms with Gasteiger partial charge in [0.05, 0.1) is 5.52 Å². The molecule has 1 atom stereocenters. The Morgan fingerprint density at radius 2 is 2.26 bits per heavy atom. The largest absolute Gasteiger partial charge is 0.398 e. The normalized spacial score (nSPS) is 20.2. The number of nitrogens with zero attached hydrogens (tertiary/aromatic N) is 2. The Morgan fingerprint density at radius 1 is 1.37 bits per heavy atom. The molecule has 19 heavy (non-hydrogen) atoms. The van der Waals surface area contributed by atoms with E-state index in [2.05, 4.69) is 16.0 Å². The van der Waals surface area contributed by atoms with Gasteiger partial charge in [-0.3, -0.25) is 9.88 Å². The van der Waals surface area contributed by atoms with Crippen LogP contribution in [0.3, 0.4) is 0 Å². The van der Waals surface area contributed by atoms with Gasteiger partial charge in [-0.15, -0.1) is 0 Å². The topological polar surface area (TPSA) is 62.4 Å². The Kier molecular flexibility index (Phi) is 3.36. The number of hydrogen-bond donors (Lipinski definition) is 2. The summed E-state index contributed by atoms with van der Waals surface area (Å²) in [6, 6.07) is 7.96. The number of aliphatic hydroxyl groups is 1. The number of benzene rings is 1. The molecule has 1 aromatic carbocycles. The number of nitrogen functional groups attached to an aromatic ring is 1. The standard InChI is InChI=1S/C15H19N3O/c16-14-4-3-12(15-13(14)2-1-6-17-15)9-18-7-5-11(8-18)10-19/h1-4,6,11,19H,5,7-10,16H2. The number of rotatable bonds is 3. The van der Waals surface area contributed by atoms with E-state index in [0.717, 1.165) is 42.6 Å². The van der Waals surface area contributed by atoms with E-state index in [1.54, 1.807) is 0 Å². The van der Waals surface area contributed by atoms with Gasteiger partial charge in [0.2, 0.25) is 0 Å². The van der Waals surface area contributed by atoms with Crippen molar-refractivity contribution in [3.05, 3.63) is 36.0 Å². The maximum atomic E-state index is 9.20. The maximum absolute atomic E-state index is 9.20. The molecule has 1 aliphatic rings. The Morgan fingerprint density at radius 3 is 3.05 bits per heavy atom. The summed E-state index contributed by atoms with van der Waals surface area (Å²) in [5, 5.41) is 10.2. The lowest BCUT2D eigenvalue weighted by Gasteiger charge is -2.17. The van der Waals surface area contributed by atoms with Crippen LogP contribution in [-0.4, -0.2) is 34.7 Å². The summed E-state index contributed by atoms with van der Waals surface area (Å²) in [5.41, 5.74) is 8.98. The monoisotopic (exact) mass is 257 g/mol. The number of anilines is 1. The van der Waals surface area contributed by atoms with Crippen molar-refractivity contribution in [3.63, 3.8) is 0 Å². The van der Waals surface area contributed by atoms with Crippen LogP contribution < -0.4 is 5.73 Å². The second kappa shape index (κ2) is 5.15. The SMILES string of the molecule is Nc1ccc(CN2CCC(CO)C2)c2ncccc12. The molecule has 2 aromatic rings. The first-order valence-corrected chi connectivity index (χ1v) is 6.73. The van der Waals surface area contributed by atoms with Gasteiger partial charge in [-0.1, -0.05) is 6.07 Å². The predicted octanol–water partition coefficient (Wildman–Crippen LogP) is 1.63. The average molecular weight is 257 g/mol. The zero-order valence-corrected chi connectivity index (χ0v) is 10.9. The van der Waals surface area contributed by atoms with Crippen molar-refractivity contribution < 1.29 is 5.11 Å². The number of nitrogens with two attached hydrogens (primary N) is 1. The van der Waals surface area contributed by atoms with Gasteiger partial charge in [-0.2, -0.15) is 0 Å². The van der Waals surface area contributed by atoms with Crippen LogP contribution in [0.4, 0.5) is 5.69 Å². The number of fused-ring (bicyclic) bond motifs is 1. The summed E-state index contributed by atoms with van der Waals surface area (Å²) in [5.74, 6) is 0.424. The summed E-state index contributed by atoms with van der Waals surface area (Å²) in [6.45, 7) is 3.18. The van der Waals surface area contributed by atoms with Crippen LogP contribution in [0.2, 0.25) is 0 Å². The smallest absolute Gasteiger partial charge is 0.0767 e. The van der Waals surface area contributed by atoms with Gasteiger partial charge in [-0.05, 0) is 42.6 Å². The molecule has 4 heteroatoms. The number of aliphatic hydroxyl groups excluding tert-OH is 1. The van der Waals surface area contributed by atoms with Crippen molar-refractivity contribution in [2.75, 3.05) is 25.4 Å². The van der Waals surface area contributed by atoms with Crippen LogP contribution >= 0.6 is 0 Å². The summed E-state index contributed by atoms with van der Waals surface area (Å²) >= 11 is 0.